The van der Waals surface area contributed by atoms with Gasteiger partial charge in [0.25, 0.3) is 0 Å². The van der Waals surface area contributed by atoms with E-state index in [0.717, 1.165) is 0 Å². The molecule has 1 nitrogen and oxygen atoms in total. The number of rotatable bonds is 4. The van der Waals surface area contributed by atoms with Gasteiger partial charge in [0.15, 0.2) is 0 Å². The monoisotopic (exact) mass is 349 g/mol. The van der Waals surface area contributed by atoms with Crippen molar-refractivity contribution in [2.45, 2.75) is 59.3 Å². The van der Waals surface area contributed by atoms with E-state index >= 15 is 0 Å². The highest BCUT2D eigenvalue weighted by Crippen LogP contribution is 2.46. The van der Waals surface area contributed by atoms with Crippen LogP contribution in [0.4, 0.5) is 0 Å². The molecule has 1 aliphatic carbocycles. The molecule has 0 saturated carbocycles. The van der Waals surface area contributed by atoms with E-state index in [0.29, 0.717) is 11.6 Å². The first kappa shape index (κ1) is 18.2. The largest absolute Gasteiger partial charge is 0.330 e. The van der Waals surface area contributed by atoms with Crippen LogP contribution in [0.2, 0.25) is 18.6 Å². The molecule has 0 aliphatic heterocycles. The van der Waals surface area contributed by atoms with Gasteiger partial charge in [-0.05, 0) is 62.1 Å². The van der Waals surface area contributed by atoms with Crippen molar-refractivity contribution in [1.29, 1.82) is 0 Å². The average Bonchev–Trinajstić information content (AvgIpc) is 2.77. The molecule has 0 fully saturated rings. The lowest BCUT2D eigenvalue weighted by Crippen LogP contribution is -2.50. The predicted molar refractivity (Wildman–Crippen MR) is 113 cm³/mol. The van der Waals surface area contributed by atoms with Crippen LogP contribution in [0.5, 0.6) is 0 Å². The van der Waals surface area contributed by atoms with E-state index in [1.165, 1.54) is 27.5 Å². The molecule has 2 aromatic rings. The van der Waals surface area contributed by atoms with E-state index in [1.807, 2.05) is 0 Å². The summed E-state index contributed by atoms with van der Waals surface area (Å²) in [6, 6.07) is 15.7. The topological polar surface area (TPSA) is 12.0 Å². The summed E-state index contributed by atoms with van der Waals surface area (Å²) in [4.78, 5) is 4.08. The van der Waals surface area contributed by atoms with Crippen LogP contribution in [0.15, 0.2) is 64.8 Å². The van der Waals surface area contributed by atoms with Crippen LogP contribution >= 0.6 is 0 Å². The van der Waals surface area contributed by atoms with Gasteiger partial charge in [-0.15, -0.1) is 0 Å². The standard InChI is InChI=1S/C23H31NSi/c1-15-16(2)18(4)23(17(15)3)25(6,7)24-19(5)21-14-10-12-20-11-8-9-13-22(20)21/h8-14,19,23-24H,1-7H3/t19-/m1/s1. The second-order valence-corrected chi connectivity index (χ2v) is 12.5. The zero-order valence-corrected chi connectivity index (χ0v) is 17.7. The number of hydrogen-bond acceptors (Lipinski definition) is 1. The van der Waals surface area contributed by atoms with Gasteiger partial charge in [0.05, 0.1) is 0 Å². The van der Waals surface area contributed by atoms with Crippen LogP contribution in [0.1, 0.15) is 46.2 Å². The third-order valence-corrected chi connectivity index (χ3v) is 9.70. The van der Waals surface area contributed by atoms with Gasteiger partial charge in [0.2, 0.25) is 0 Å². The van der Waals surface area contributed by atoms with Crippen molar-refractivity contribution in [3.63, 3.8) is 0 Å². The zero-order valence-electron chi connectivity index (χ0n) is 16.7. The maximum absolute atomic E-state index is 4.08. The summed E-state index contributed by atoms with van der Waals surface area (Å²) in [6.45, 7) is 16.5. The van der Waals surface area contributed by atoms with Crippen LogP contribution in [0, 0.1) is 0 Å². The summed E-state index contributed by atoms with van der Waals surface area (Å²) >= 11 is 0. The molecule has 25 heavy (non-hydrogen) atoms. The lowest BCUT2D eigenvalue weighted by molar-refractivity contribution is 0.711. The molecule has 0 amide bonds. The van der Waals surface area contributed by atoms with Gasteiger partial charge in [-0.2, -0.15) is 0 Å². The molecule has 1 aliphatic rings. The number of hydrogen-bond donors (Lipinski definition) is 1. The summed E-state index contributed by atoms with van der Waals surface area (Å²) in [5, 5.41) is 2.70. The van der Waals surface area contributed by atoms with Gasteiger partial charge in [-0.3, -0.25) is 0 Å². The van der Waals surface area contributed by atoms with E-state index in [4.69, 9.17) is 0 Å². The fourth-order valence-corrected chi connectivity index (χ4v) is 8.82. The minimum absolute atomic E-state index is 0.356. The van der Waals surface area contributed by atoms with Crippen molar-refractivity contribution in [3.05, 3.63) is 70.3 Å². The quantitative estimate of drug-likeness (QED) is 0.602. The Bertz CT molecular complexity index is 843. The number of benzene rings is 2. The van der Waals surface area contributed by atoms with Crippen molar-refractivity contribution in [3.8, 4) is 0 Å². The second kappa shape index (κ2) is 6.58. The molecular weight excluding hydrogens is 318 g/mol. The van der Waals surface area contributed by atoms with Crippen LogP contribution in [-0.4, -0.2) is 8.24 Å². The molecule has 2 heteroatoms. The van der Waals surface area contributed by atoms with E-state index in [2.05, 4.69) is 95.2 Å². The highest BCUT2D eigenvalue weighted by Gasteiger charge is 2.39. The molecule has 3 rings (SSSR count). The molecule has 2 aromatic carbocycles. The average molecular weight is 350 g/mol. The molecule has 0 radical (unpaired) electrons. The fourth-order valence-electron chi connectivity index (χ4n) is 4.78. The molecule has 132 valence electrons. The van der Waals surface area contributed by atoms with Crippen LogP contribution in [0.25, 0.3) is 10.8 Å². The van der Waals surface area contributed by atoms with Gasteiger partial charge in [0.1, 0.15) is 8.24 Å². The first-order valence-corrected chi connectivity index (χ1v) is 12.4. The minimum Gasteiger partial charge on any atom is -0.330 e. The summed E-state index contributed by atoms with van der Waals surface area (Å²) in [5.74, 6) is 0. The van der Waals surface area contributed by atoms with Crippen LogP contribution < -0.4 is 4.98 Å². The second-order valence-electron chi connectivity index (χ2n) is 8.21. The number of fused-ring (bicyclic) bond motifs is 1. The predicted octanol–water partition coefficient (Wildman–Crippen LogP) is 6.75. The molecule has 0 bridgehead atoms. The molecule has 0 heterocycles. The van der Waals surface area contributed by atoms with Gasteiger partial charge >= 0.3 is 0 Å². The van der Waals surface area contributed by atoms with E-state index < -0.39 is 8.24 Å². The maximum Gasteiger partial charge on any atom is 0.131 e. The van der Waals surface area contributed by atoms with Crippen molar-refractivity contribution in [2.75, 3.05) is 0 Å². The molecule has 0 aromatic heterocycles. The van der Waals surface area contributed by atoms with Gasteiger partial charge in [-0.1, -0.05) is 66.7 Å². The van der Waals surface area contributed by atoms with Gasteiger partial charge < -0.3 is 4.98 Å². The highest BCUT2D eigenvalue weighted by atomic mass is 28.3. The third kappa shape index (κ3) is 3.14. The van der Waals surface area contributed by atoms with Crippen LogP contribution in [0.3, 0.4) is 0 Å². The molecule has 0 unspecified atom stereocenters. The van der Waals surface area contributed by atoms with Crippen molar-refractivity contribution in [1.82, 2.24) is 4.98 Å². The van der Waals surface area contributed by atoms with Crippen molar-refractivity contribution < 1.29 is 0 Å². The zero-order chi connectivity index (χ0) is 18.4. The molecule has 0 saturated heterocycles. The van der Waals surface area contributed by atoms with Crippen molar-refractivity contribution >= 4 is 19.0 Å². The fraction of sp³-hybridized carbons (Fsp3) is 0.391. The van der Waals surface area contributed by atoms with Gasteiger partial charge in [-0.25, -0.2) is 0 Å². The third-order valence-electron chi connectivity index (χ3n) is 6.21. The Morgan fingerprint density at radius 3 is 2.04 bits per heavy atom. The number of allylic oxidation sites excluding steroid dienone is 4. The summed E-state index contributed by atoms with van der Waals surface area (Å²) in [5.41, 5.74) is 8.16. The minimum atomic E-state index is -1.68. The molecule has 1 atom stereocenters. The summed E-state index contributed by atoms with van der Waals surface area (Å²) < 4.78 is 0. The van der Waals surface area contributed by atoms with Gasteiger partial charge in [0, 0.05) is 11.6 Å². The Morgan fingerprint density at radius 1 is 0.840 bits per heavy atom. The first-order chi connectivity index (χ1) is 11.7. The lowest BCUT2D eigenvalue weighted by atomic mass is 10.0. The Morgan fingerprint density at radius 2 is 1.40 bits per heavy atom. The van der Waals surface area contributed by atoms with E-state index in [1.54, 1.807) is 11.1 Å². The Kier molecular flexibility index (Phi) is 4.78. The molecular formula is C23H31NSi. The number of nitrogens with one attached hydrogen (secondary N) is 1. The smallest absolute Gasteiger partial charge is 0.131 e. The summed E-state index contributed by atoms with van der Waals surface area (Å²) in [7, 11) is -1.68. The highest BCUT2D eigenvalue weighted by molar-refractivity contribution is 6.78. The molecule has 1 N–H and O–H groups in total. The van der Waals surface area contributed by atoms with E-state index in [9.17, 15) is 0 Å². The van der Waals surface area contributed by atoms with Crippen molar-refractivity contribution in [2.24, 2.45) is 0 Å². The Labute approximate surface area is 153 Å². The molecule has 0 spiro atoms. The maximum atomic E-state index is 4.08. The van der Waals surface area contributed by atoms with Crippen LogP contribution in [-0.2, 0) is 0 Å². The normalized spacial score (nSPS) is 17.7. The summed E-state index contributed by atoms with van der Waals surface area (Å²) in [6.07, 6.45) is 0. The first-order valence-electron chi connectivity index (χ1n) is 9.34. The lowest BCUT2D eigenvalue weighted by Gasteiger charge is -2.36. The Hall–Kier alpha value is -1.64. The SMILES string of the molecule is CC1=C(C)C([Si](C)(C)N[C@H](C)c2cccc3ccccc23)C(C)=C1C. The van der Waals surface area contributed by atoms with E-state index in [-0.39, 0.29) is 0 Å². The Balaban J connectivity index is 1.93.